The van der Waals surface area contributed by atoms with Crippen molar-refractivity contribution in [3.8, 4) is 0 Å². The monoisotopic (exact) mass is 708 g/mol. The maximum atomic E-state index is 10.7. The number of nitrogens with zero attached hydrogens (tertiary/aromatic N) is 4. The molecule has 0 aromatic carbocycles. The first-order chi connectivity index (χ1) is 20.1. The normalized spacial score (nSPS) is 19.2. The van der Waals surface area contributed by atoms with E-state index >= 15 is 0 Å². The molecular formula is C30H58Ga2N4O6. The molecule has 2 fully saturated rings. The topological polar surface area (TPSA) is 102 Å². The molecule has 2 saturated heterocycles. The number of carbonyl (C=O) groups excluding carboxylic acids is 2. The van der Waals surface area contributed by atoms with E-state index in [0.717, 1.165) is 13.1 Å². The Hall–Kier alpha value is -0.927. The van der Waals surface area contributed by atoms with Crippen LogP contribution in [0.3, 0.4) is 0 Å². The number of carbonyl (C=O) groups is 2. The van der Waals surface area contributed by atoms with E-state index in [0.29, 0.717) is 0 Å². The van der Waals surface area contributed by atoms with Crippen LogP contribution in [-0.4, -0.2) is 132 Å². The van der Waals surface area contributed by atoms with Crippen molar-refractivity contribution in [2.75, 3.05) is 53.5 Å². The van der Waals surface area contributed by atoms with Crippen molar-refractivity contribution in [1.29, 1.82) is 0 Å². The third-order valence-corrected chi connectivity index (χ3v) is 11.2. The zero-order chi connectivity index (χ0) is 31.3. The standard InChI is InChI=1S/2C9H16N2.2C4H7O3.4CH3.2Ga/c2*1-2-5-9-10-6-4-8-11(9)7-3-1;2*1-3(5)4(6)7-2;;;;;;/h2*1-8H2;2*3H,1-2H3;4*1H3;;/q;;2*-1;;;;;2*+1/t;;2*3-;;;;;;/m..00....../s1. The molecule has 0 aromatic rings. The van der Waals surface area contributed by atoms with Crippen molar-refractivity contribution in [2.45, 2.75) is 112 Å². The van der Waals surface area contributed by atoms with E-state index in [1.165, 1.54) is 116 Å². The second-order valence-electron chi connectivity index (χ2n) is 11.6. The molecule has 4 heterocycles. The number of esters is 2. The minimum absolute atomic E-state index is 0.278. The summed E-state index contributed by atoms with van der Waals surface area (Å²) in [5.41, 5.74) is 8.25. The molecule has 10 nitrogen and oxygen atoms in total. The number of methoxy groups -OCH3 is 2. The average Bonchev–Trinajstić information content (AvgIpc) is 3.37. The van der Waals surface area contributed by atoms with Gasteiger partial charge in [-0.05, 0) is 38.5 Å². The number of amidine groups is 2. The second kappa shape index (κ2) is 23.5. The zero-order valence-corrected chi connectivity index (χ0v) is 32.7. The molecule has 0 N–H and O–H groups in total. The van der Waals surface area contributed by atoms with Gasteiger partial charge < -0.3 is 9.80 Å². The van der Waals surface area contributed by atoms with Gasteiger partial charge in [0.05, 0.1) is 11.7 Å². The first-order valence-electron chi connectivity index (χ1n) is 16.1. The molecule has 0 unspecified atom stereocenters. The van der Waals surface area contributed by atoms with Crippen molar-refractivity contribution in [3.63, 3.8) is 0 Å². The van der Waals surface area contributed by atoms with Crippen LogP contribution in [-0.2, 0) is 26.1 Å². The summed E-state index contributed by atoms with van der Waals surface area (Å²) in [6.07, 6.45) is 12.5. The first-order valence-corrected chi connectivity index (χ1v) is 27.8. The molecule has 0 bridgehead atoms. The van der Waals surface area contributed by atoms with Crippen molar-refractivity contribution < 1.29 is 26.1 Å². The Morgan fingerprint density at radius 3 is 1.31 bits per heavy atom. The van der Waals surface area contributed by atoms with Crippen molar-refractivity contribution in [2.24, 2.45) is 9.98 Å². The van der Waals surface area contributed by atoms with Gasteiger partial charge >= 0.3 is 133 Å². The average molecular weight is 710 g/mol. The number of aliphatic imine (C=N–C) groups is 2. The number of hydrogen-bond acceptors (Lipinski definition) is 10. The van der Waals surface area contributed by atoms with Crippen LogP contribution >= 0.6 is 0 Å². The molecule has 42 heavy (non-hydrogen) atoms. The summed E-state index contributed by atoms with van der Waals surface area (Å²) in [7, 11) is 2.74. The van der Waals surface area contributed by atoms with Gasteiger partial charge in [-0.25, -0.2) is 0 Å². The Morgan fingerprint density at radius 2 is 0.976 bits per heavy atom. The molecule has 0 saturated carbocycles. The molecule has 12 heteroatoms. The van der Waals surface area contributed by atoms with Gasteiger partial charge in [-0.2, -0.15) is 0 Å². The van der Waals surface area contributed by atoms with E-state index in [4.69, 9.17) is 7.06 Å². The fourth-order valence-corrected chi connectivity index (χ4v) is 9.03. The Balaban J connectivity index is 0.000000281. The maximum absolute atomic E-state index is 10.7. The molecule has 4 aliphatic rings. The van der Waals surface area contributed by atoms with Crippen LogP contribution in [0.4, 0.5) is 0 Å². The van der Waals surface area contributed by atoms with Gasteiger partial charge in [-0.3, -0.25) is 9.98 Å². The third kappa shape index (κ3) is 17.4. The fraction of sp³-hybridized carbons (Fsp3) is 0.867. The predicted molar refractivity (Wildman–Crippen MR) is 174 cm³/mol. The fourth-order valence-electron chi connectivity index (χ4n) is 5.14. The number of rotatable bonds is 6. The van der Waals surface area contributed by atoms with Gasteiger partial charge in [-0.15, -0.1) is 0 Å². The Labute approximate surface area is 267 Å². The summed E-state index contributed by atoms with van der Waals surface area (Å²) in [5, 5.41) is 0. The van der Waals surface area contributed by atoms with E-state index in [1.807, 2.05) is 0 Å². The number of hydrogen-bond donors (Lipinski definition) is 0. The van der Waals surface area contributed by atoms with Gasteiger partial charge in [-0.1, -0.05) is 12.8 Å². The summed E-state index contributed by atoms with van der Waals surface area (Å²) in [5.74, 6) is 2.24. The third-order valence-electron chi connectivity index (χ3n) is 7.17. The van der Waals surface area contributed by atoms with E-state index in [2.05, 4.69) is 51.2 Å². The van der Waals surface area contributed by atoms with Gasteiger partial charge in [0.15, 0.2) is 0 Å². The van der Waals surface area contributed by atoms with Crippen molar-refractivity contribution >= 4 is 56.8 Å². The van der Waals surface area contributed by atoms with Crippen LogP contribution in [0, 0.1) is 0 Å². The number of fused-ring (bicyclic) bond motifs is 2. The zero-order valence-electron chi connectivity index (χ0n) is 27.9. The summed E-state index contributed by atoms with van der Waals surface area (Å²) in [4.78, 5) is 35.5. The molecule has 0 aromatic heterocycles. The quantitative estimate of drug-likeness (QED) is 0.282. The van der Waals surface area contributed by atoms with Crippen LogP contribution in [0.15, 0.2) is 9.98 Å². The summed E-state index contributed by atoms with van der Waals surface area (Å²) >= 11 is -3.01. The van der Waals surface area contributed by atoms with Gasteiger partial charge in [0, 0.05) is 52.1 Å². The van der Waals surface area contributed by atoms with Crippen LogP contribution in [0.25, 0.3) is 0 Å². The van der Waals surface area contributed by atoms with Crippen LogP contribution < -0.4 is 0 Å². The molecule has 0 aliphatic carbocycles. The SMILES string of the molecule is C1CCC2=NCCCN2CC1.C1CCC2=NCCCN2CC1.COC(=O)[C@H](C)[O][Ga]([CH3])[CH3].COC(=O)[C@H](C)[O][Ga]([CH3])[CH3]. The summed E-state index contributed by atoms with van der Waals surface area (Å²) < 4.78 is 19.6. The Morgan fingerprint density at radius 1 is 0.619 bits per heavy atom. The van der Waals surface area contributed by atoms with Gasteiger partial charge in [0.1, 0.15) is 0 Å². The summed E-state index contributed by atoms with van der Waals surface area (Å²) in [6.45, 7) is 10.6. The van der Waals surface area contributed by atoms with Crippen LogP contribution in [0.1, 0.15) is 78.1 Å². The molecule has 4 aliphatic heterocycles. The van der Waals surface area contributed by atoms with E-state index in [-0.39, 0.29) is 24.1 Å². The number of ether oxygens (including phenoxy) is 2. The van der Waals surface area contributed by atoms with Gasteiger partial charge in [0.25, 0.3) is 0 Å². The van der Waals surface area contributed by atoms with Crippen molar-refractivity contribution in [3.05, 3.63) is 0 Å². The predicted octanol–water partition coefficient (Wildman–Crippen LogP) is 4.96. The minimum atomic E-state index is -1.51. The molecule has 240 valence electrons. The van der Waals surface area contributed by atoms with Gasteiger partial charge in [0.2, 0.25) is 0 Å². The van der Waals surface area contributed by atoms with Crippen molar-refractivity contribution in [1.82, 2.24) is 9.80 Å². The van der Waals surface area contributed by atoms with Crippen LogP contribution in [0.5, 0.6) is 0 Å². The van der Waals surface area contributed by atoms with E-state index in [9.17, 15) is 9.59 Å². The molecule has 0 spiro atoms. The molecular weight excluding hydrogens is 652 g/mol. The Bertz CT molecular complexity index is 762. The van der Waals surface area contributed by atoms with Crippen LogP contribution in [0.2, 0.25) is 21.9 Å². The van der Waals surface area contributed by atoms with E-state index in [1.54, 1.807) is 13.8 Å². The molecule has 4 rings (SSSR count). The second-order valence-corrected chi connectivity index (χ2v) is 21.5. The molecule has 0 amide bonds. The Kier molecular flexibility index (Phi) is 21.8. The molecule has 2 atom stereocenters. The summed E-state index contributed by atoms with van der Waals surface area (Å²) in [6, 6.07) is 0. The van der Waals surface area contributed by atoms with E-state index < -0.39 is 33.2 Å². The first kappa shape index (κ1) is 39.1. The molecule has 0 radical (unpaired) electrons.